The van der Waals surface area contributed by atoms with Gasteiger partial charge in [-0.3, -0.25) is 0 Å². The van der Waals surface area contributed by atoms with E-state index >= 15 is 0 Å². The van der Waals surface area contributed by atoms with Crippen molar-refractivity contribution in [1.29, 1.82) is 0 Å². The molecule has 0 fully saturated rings. The second-order valence-corrected chi connectivity index (χ2v) is 8.51. The number of nitrogens with zero attached hydrogens (tertiary/aromatic N) is 2. The van der Waals surface area contributed by atoms with Crippen molar-refractivity contribution < 1.29 is 8.91 Å². The van der Waals surface area contributed by atoms with Crippen LogP contribution in [0.15, 0.2) is 69.6 Å². The molecule has 0 saturated heterocycles. The molecule has 3 aliphatic rings. The summed E-state index contributed by atoms with van der Waals surface area (Å²) in [5.41, 5.74) is 9.85. The summed E-state index contributed by atoms with van der Waals surface area (Å²) in [7, 11) is 0. The number of rotatable bonds is 5. The summed E-state index contributed by atoms with van der Waals surface area (Å²) in [5.74, 6) is 1.83. The van der Waals surface area contributed by atoms with E-state index in [9.17, 15) is 4.39 Å². The maximum atomic E-state index is 14.4. The van der Waals surface area contributed by atoms with Crippen molar-refractivity contribution in [3.8, 4) is 0 Å². The second-order valence-electron chi connectivity index (χ2n) is 8.51. The molecule has 4 unspecified atom stereocenters. The molecule has 1 aromatic rings. The van der Waals surface area contributed by atoms with Gasteiger partial charge in [-0.1, -0.05) is 62.4 Å². The van der Waals surface area contributed by atoms with Gasteiger partial charge in [-0.2, -0.15) is 4.98 Å². The van der Waals surface area contributed by atoms with Gasteiger partial charge in [-0.25, -0.2) is 4.39 Å². The molecular weight excluding hydrogens is 377 g/mol. The molecule has 1 aromatic heterocycles. The SMILES string of the molecule is CCC1=CC(c2nc(C3=CC(F)=C(CN)C(C)C3)no2)CC=C1C1C=CC=CC1C. The van der Waals surface area contributed by atoms with Gasteiger partial charge >= 0.3 is 0 Å². The van der Waals surface area contributed by atoms with Crippen molar-refractivity contribution in [2.75, 3.05) is 6.54 Å². The lowest BCUT2D eigenvalue weighted by atomic mass is 9.76. The number of aromatic nitrogens is 2. The van der Waals surface area contributed by atoms with Crippen molar-refractivity contribution in [1.82, 2.24) is 10.1 Å². The van der Waals surface area contributed by atoms with E-state index in [4.69, 9.17) is 10.3 Å². The maximum absolute atomic E-state index is 14.4. The highest BCUT2D eigenvalue weighted by Gasteiger charge is 2.28. The normalized spacial score (nSPS) is 29.0. The standard InChI is InChI=1S/C25H30FN3O/c1-4-17-12-18(9-10-21(17)20-8-6-5-7-15(20)2)25-28-24(29-30-25)19-11-16(3)22(14-27)23(26)13-19/h5-8,10,12-13,15-16,18,20H,4,9,11,14,27H2,1-3H3. The molecule has 30 heavy (non-hydrogen) atoms. The summed E-state index contributed by atoms with van der Waals surface area (Å²) in [5, 5.41) is 4.16. The average Bonchev–Trinajstić information content (AvgIpc) is 3.24. The van der Waals surface area contributed by atoms with Crippen LogP contribution in [0.25, 0.3) is 5.57 Å². The molecule has 0 saturated carbocycles. The first-order chi connectivity index (χ1) is 14.5. The first kappa shape index (κ1) is 20.7. The Hall–Kier alpha value is -2.53. The first-order valence-corrected chi connectivity index (χ1v) is 10.9. The molecular formula is C25H30FN3O. The fraction of sp³-hybridized carbons (Fsp3) is 0.440. The Bertz CT molecular complexity index is 992. The van der Waals surface area contributed by atoms with E-state index in [0.29, 0.717) is 35.5 Å². The van der Waals surface area contributed by atoms with Crippen LogP contribution >= 0.6 is 0 Å². The highest BCUT2D eigenvalue weighted by Crippen LogP contribution is 2.39. The van der Waals surface area contributed by atoms with E-state index < -0.39 is 0 Å². The minimum atomic E-state index is -0.264. The number of hydrogen-bond acceptors (Lipinski definition) is 4. The molecule has 4 nitrogen and oxygen atoms in total. The molecule has 1 heterocycles. The minimum absolute atomic E-state index is 0.0447. The van der Waals surface area contributed by atoms with E-state index in [1.165, 1.54) is 17.2 Å². The molecule has 0 amide bonds. The van der Waals surface area contributed by atoms with Gasteiger partial charge in [0.05, 0.1) is 5.92 Å². The number of hydrogen-bond donors (Lipinski definition) is 1. The Labute approximate surface area is 177 Å². The van der Waals surface area contributed by atoms with Crippen molar-refractivity contribution in [2.24, 2.45) is 23.5 Å². The van der Waals surface area contributed by atoms with Crippen LogP contribution in [0, 0.1) is 17.8 Å². The minimum Gasteiger partial charge on any atom is -0.338 e. The highest BCUT2D eigenvalue weighted by atomic mass is 19.1. The third-order valence-electron chi connectivity index (χ3n) is 6.51. The molecule has 3 aliphatic carbocycles. The summed E-state index contributed by atoms with van der Waals surface area (Å²) < 4.78 is 20.0. The van der Waals surface area contributed by atoms with Crippen LogP contribution in [-0.4, -0.2) is 16.7 Å². The lowest BCUT2D eigenvalue weighted by Crippen LogP contribution is -2.16. The van der Waals surface area contributed by atoms with Crippen molar-refractivity contribution >= 4 is 5.57 Å². The van der Waals surface area contributed by atoms with Gasteiger partial charge in [0.1, 0.15) is 5.83 Å². The highest BCUT2D eigenvalue weighted by molar-refractivity contribution is 5.65. The van der Waals surface area contributed by atoms with Gasteiger partial charge in [0, 0.05) is 18.0 Å². The van der Waals surface area contributed by atoms with Gasteiger partial charge in [-0.15, -0.1) is 0 Å². The van der Waals surface area contributed by atoms with E-state index in [-0.39, 0.29) is 24.2 Å². The molecule has 4 rings (SSSR count). The predicted molar refractivity (Wildman–Crippen MR) is 118 cm³/mol. The zero-order valence-electron chi connectivity index (χ0n) is 17.9. The Kier molecular flexibility index (Phi) is 6.00. The third-order valence-corrected chi connectivity index (χ3v) is 6.51. The lowest BCUT2D eigenvalue weighted by molar-refractivity contribution is 0.364. The fourth-order valence-corrected chi connectivity index (χ4v) is 4.71. The maximum Gasteiger partial charge on any atom is 0.234 e. The van der Waals surface area contributed by atoms with Gasteiger partial charge in [-0.05, 0) is 53.9 Å². The third kappa shape index (κ3) is 3.91. The Morgan fingerprint density at radius 2 is 2.03 bits per heavy atom. The number of halogens is 1. The van der Waals surface area contributed by atoms with Gasteiger partial charge in [0.2, 0.25) is 5.89 Å². The Morgan fingerprint density at radius 1 is 1.23 bits per heavy atom. The first-order valence-electron chi connectivity index (χ1n) is 10.9. The van der Waals surface area contributed by atoms with Crippen LogP contribution in [0.2, 0.25) is 0 Å². The molecule has 0 radical (unpaired) electrons. The summed E-state index contributed by atoms with van der Waals surface area (Å²) in [6.45, 7) is 6.67. The van der Waals surface area contributed by atoms with Crippen molar-refractivity contribution in [2.45, 2.75) is 46.0 Å². The monoisotopic (exact) mass is 407 g/mol. The Balaban J connectivity index is 1.55. The summed E-state index contributed by atoms with van der Waals surface area (Å²) in [4.78, 5) is 4.63. The molecule has 0 aliphatic heterocycles. The molecule has 158 valence electrons. The molecule has 0 aromatic carbocycles. The zero-order chi connectivity index (χ0) is 21.3. The van der Waals surface area contributed by atoms with E-state index in [1.807, 2.05) is 6.92 Å². The summed E-state index contributed by atoms with van der Waals surface area (Å²) >= 11 is 0. The summed E-state index contributed by atoms with van der Waals surface area (Å²) in [6.07, 6.45) is 17.4. The molecule has 0 bridgehead atoms. The van der Waals surface area contributed by atoms with Gasteiger partial charge in [0.25, 0.3) is 0 Å². The molecule has 4 atom stereocenters. The van der Waals surface area contributed by atoms with Gasteiger partial charge < -0.3 is 10.3 Å². The van der Waals surface area contributed by atoms with Crippen LogP contribution in [0.4, 0.5) is 4.39 Å². The quantitative estimate of drug-likeness (QED) is 0.669. The fourth-order valence-electron chi connectivity index (χ4n) is 4.71. The van der Waals surface area contributed by atoms with Crippen LogP contribution in [0.5, 0.6) is 0 Å². The van der Waals surface area contributed by atoms with Crippen molar-refractivity contribution in [3.05, 3.63) is 76.8 Å². The average molecular weight is 408 g/mol. The number of allylic oxidation sites excluding steroid dienone is 11. The molecule has 0 spiro atoms. The largest absolute Gasteiger partial charge is 0.338 e. The zero-order valence-corrected chi connectivity index (χ0v) is 17.9. The van der Waals surface area contributed by atoms with Crippen molar-refractivity contribution in [3.63, 3.8) is 0 Å². The molecule has 2 N–H and O–H groups in total. The lowest BCUT2D eigenvalue weighted by Gasteiger charge is -2.28. The topological polar surface area (TPSA) is 64.9 Å². The van der Waals surface area contributed by atoms with Crippen LogP contribution in [0.3, 0.4) is 0 Å². The van der Waals surface area contributed by atoms with Crippen LogP contribution in [-0.2, 0) is 0 Å². The van der Waals surface area contributed by atoms with E-state index in [2.05, 4.69) is 60.4 Å². The van der Waals surface area contributed by atoms with Crippen LogP contribution in [0.1, 0.15) is 57.7 Å². The smallest absolute Gasteiger partial charge is 0.234 e. The summed E-state index contributed by atoms with van der Waals surface area (Å²) in [6, 6.07) is 0. The molecule has 5 heteroatoms. The van der Waals surface area contributed by atoms with E-state index in [1.54, 1.807) is 0 Å². The van der Waals surface area contributed by atoms with Crippen LogP contribution < -0.4 is 5.73 Å². The number of nitrogens with two attached hydrogens (primary N) is 1. The van der Waals surface area contributed by atoms with Gasteiger partial charge in [0.15, 0.2) is 5.82 Å². The second kappa shape index (κ2) is 8.68. The predicted octanol–water partition coefficient (Wildman–Crippen LogP) is 5.80. The van der Waals surface area contributed by atoms with E-state index in [0.717, 1.165) is 18.4 Å². The Morgan fingerprint density at radius 3 is 2.73 bits per heavy atom.